The molecule has 336 valence electrons. The molecule has 0 unspecified atom stereocenters. The van der Waals surface area contributed by atoms with Crippen molar-refractivity contribution in [1.29, 1.82) is 0 Å². The number of phenols is 2. The second-order valence-electron chi connectivity index (χ2n) is 17.4. The van der Waals surface area contributed by atoms with E-state index in [1.165, 1.54) is 193 Å². The Bertz CT molecular complexity index is 1310. The molecule has 0 bridgehead atoms. The fourth-order valence-corrected chi connectivity index (χ4v) is 7.68. The molecule has 0 aliphatic carbocycles. The number of nitrogens with zero attached hydrogens (tertiary/aromatic N) is 2. The average Bonchev–Trinajstić information content (AvgIpc) is 3.23. The molecule has 0 saturated heterocycles. The molecule has 1 atom stereocenters. The van der Waals surface area contributed by atoms with E-state index in [9.17, 15) is 10.2 Å². The molecule has 0 amide bonds. The first-order valence-electron chi connectivity index (χ1n) is 25.0. The Balaban J connectivity index is 1.47. The highest BCUT2D eigenvalue weighted by atomic mass is 16.5. The Morgan fingerprint density at radius 1 is 0.441 bits per heavy atom. The molecule has 0 aliphatic heterocycles. The molecule has 2 aromatic carbocycles. The van der Waals surface area contributed by atoms with Crippen LogP contribution in [0.25, 0.3) is 0 Å². The van der Waals surface area contributed by atoms with Crippen LogP contribution in [0.2, 0.25) is 0 Å². The lowest BCUT2D eigenvalue weighted by Gasteiger charge is -2.09. The Kier molecular flexibility index (Phi) is 33.5. The quantitative estimate of drug-likeness (QED) is 0.0517. The lowest BCUT2D eigenvalue weighted by atomic mass is 10.0. The first-order valence-corrected chi connectivity index (χ1v) is 25.0. The number of hydrogen-bond acceptors (Lipinski definition) is 6. The maximum absolute atomic E-state index is 10.6. The molecule has 0 aliphatic rings. The van der Waals surface area contributed by atoms with E-state index in [1.807, 2.05) is 31.2 Å². The van der Waals surface area contributed by atoms with Crippen molar-refractivity contribution in [3.63, 3.8) is 0 Å². The molecule has 0 heterocycles. The minimum Gasteiger partial charge on any atom is -0.507 e. The van der Waals surface area contributed by atoms with Crippen LogP contribution < -0.4 is 9.47 Å². The van der Waals surface area contributed by atoms with Crippen LogP contribution in [0.4, 0.5) is 0 Å². The largest absolute Gasteiger partial charge is 0.507 e. The highest BCUT2D eigenvalue weighted by molar-refractivity contribution is 5.84. The van der Waals surface area contributed by atoms with E-state index in [1.54, 1.807) is 24.6 Å². The third-order valence-corrected chi connectivity index (χ3v) is 11.6. The van der Waals surface area contributed by atoms with Crippen LogP contribution >= 0.6 is 0 Å². The number of phenolic OH excluding ortho intramolecular Hbond substituents is 2. The van der Waals surface area contributed by atoms with Crippen LogP contribution in [-0.2, 0) is 0 Å². The molecule has 6 heteroatoms. The van der Waals surface area contributed by atoms with Crippen molar-refractivity contribution < 1.29 is 19.7 Å². The summed E-state index contributed by atoms with van der Waals surface area (Å²) in [6.07, 6.45) is 46.7. The second kappa shape index (κ2) is 37.9. The van der Waals surface area contributed by atoms with Crippen LogP contribution in [0.15, 0.2) is 46.4 Å². The summed E-state index contributed by atoms with van der Waals surface area (Å²) in [5.41, 5.74) is 1.31. The lowest BCUT2D eigenvalue weighted by Crippen LogP contribution is -2.04. The molecule has 59 heavy (non-hydrogen) atoms. The normalized spacial score (nSPS) is 12.3. The third-order valence-electron chi connectivity index (χ3n) is 11.6. The van der Waals surface area contributed by atoms with Gasteiger partial charge in [-0.3, -0.25) is 9.98 Å². The van der Waals surface area contributed by atoms with Gasteiger partial charge in [-0.15, -0.1) is 0 Å². The van der Waals surface area contributed by atoms with Crippen molar-refractivity contribution in [2.24, 2.45) is 9.98 Å². The molecule has 0 spiro atoms. The predicted octanol–water partition coefficient (Wildman–Crippen LogP) is 16.3. The molecule has 2 rings (SSSR count). The number of rotatable bonds is 41. The standard InChI is InChI=1S/C53H90N2O4/c1-4-6-8-10-12-14-16-18-20-22-24-26-28-30-32-34-40-58-50-38-36-48(52(56)42-50)45-54-44-47(3)55-46-49-37-39-51(43-53(49)57)59-41-35-33-31-29-27-25-23-21-19-17-15-13-11-9-7-5-2/h36-39,42-43,45-47,56-57H,4-35,40-41,44H2,1-3H3/t47-/m0/s1. The van der Waals surface area contributed by atoms with Crippen LogP contribution in [0.5, 0.6) is 23.0 Å². The summed E-state index contributed by atoms with van der Waals surface area (Å²) in [5.74, 6) is 1.71. The summed E-state index contributed by atoms with van der Waals surface area (Å²) in [6, 6.07) is 10.7. The first kappa shape index (κ1) is 52.1. The van der Waals surface area contributed by atoms with Gasteiger partial charge in [-0.25, -0.2) is 0 Å². The molecule has 0 fully saturated rings. The van der Waals surface area contributed by atoms with Gasteiger partial charge in [0.15, 0.2) is 0 Å². The van der Waals surface area contributed by atoms with Crippen LogP contribution in [0, 0.1) is 0 Å². The van der Waals surface area contributed by atoms with Crippen LogP contribution in [0.1, 0.15) is 237 Å². The van der Waals surface area contributed by atoms with E-state index in [0.717, 1.165) is 12.8 Å². The van der Waals surface area contributed by atoms with Gasteiger partial charge in [-0.1, -0.05) is 206 Å². The number of ether oxygens (including phenoxy) is 2. The molecule has 2 aromatic rings. The van der Waals surface area contributed by atoms with Gasteiger partial charge in [0.25, 0.3) is 0 Å². The van der Waals surface area contributed by atoms with Crippen molar-refractivity contribution in [1.82, 2.24) is 0 Å². The van der Waals surface area contributed by atoms with Crippen molar-refractivity contribution in [3.8, 4) is 23.0 Å². The Labute approximate surface area is 363 Å². The van der Waals surface area contributed by atoms with Crippen molar-refractivity contribution in [3.05, 3.63) is 47.5 Å². The van der Waals surface area contributed by atoms with E-state index in [-0.39, 0.29) is 17.5 Å². The maximum atomic E-state index is 10.6. The first-order chi connectivity index (χ1) is 29.0. The van der Waals surface area contributed by atoms with E-state index >= 15 is 0 Å². The smallest absolute Gasteiger partial charge is 0.128 e. The molecule has 0 saturated carbocycles. The third kappa shape index (κ3) is 29.8. The van der Waals surface area contributed by atoms with Crippen LogP contribution in [-0.4, -0.2) is 48.4 Å². The predicted molar refractivity (Wildman–Crippen MR) is 256 cm³/mol. The molecular weight excluding hydrogens is 729 g/mol. The summed E-state index contributed by atoms with van der Waals surface area (Å²) in [6.45, 7) is 8.36. The zero-order chi connectivity index (χ0) is 42.3. The Morgan fingerprint density at radius 2 is 0.746 bits per heavy atom. The van der Waals surface area contributed by atoms with Gasteiger partial charge >= 0.3 is 0 Å². The van der Waals surface area contributed by atoms with Gasteiger partial charge < -0.3 is 19.7 Å². The topological polar surface area (TPSA) is 83.6 Å². The summed E-state index contributed by atoms with van der Waals surface area (Å²) >= 11 is 0. The van der Waals surface area contributed by atoms with E-state index in [0.29, 0.717) is 42.4 Å². The number of unbranched alkanes of at least 4 members (excludes halogenated alkanes) is 30. The zero-order valence-corrected chi connectivity index (χ0v) is 38.6. The molecule has 2 N–H and O–H groups in total. The highest BCUT2D eigenvalue weighted by Crippen LogP contribution is 2.25. The van der Waals surface area contributed by atoms with Gasteiger partial charge in [0, 0.05) is 35.7 Å². The highest BCUT2D eigenvalue weighted by Gasteiger charge is 2.05. The van der Waals surface area contributed by atoms with Crippen molar-refractivity contribution >= 4 is 12.4 Å². The monoisotopic (exact) mass is 819 g/mol. The molecular formula is C53H90N2O4. The summed E-state index contributed by atoms with van der Waals surface area (Å²) in [5, 5.41) is 21.1. The van der Waals surface area contributed by atoms with Gasteiger partial charge in [-0.2, -0.15) is 0 Å². The zero-order valence-electron chi connectivity index (χ0n) is 38.6. The lowest BCUT2D eigenvalue weighted by molar-refractivity contribution is 0.302. The van der Waals surface area contributed by atoms with Gasteiger partial charge in [0.05, 0.1) is 25.8 Å². The number of aromatic hydroxyl groups is 2. The van der Waals surface area contributed by atoms with Crippen molar-refractivity contribution in [2.75, 3.05) is 19.8 Å². The van der Waals surface area contributed by atoms with Crippen LogP contribution in [0.3, 0.4) is 0 Å². The molecule has 0 aromatic heterocycles. The fourth-order valence-electron chi connectivity index (χ4n) is 7.68. The Hall–Kier alpha value is -3.02. The SMILES string of the molecule is CCCCCCCCCCCCCCCCCCOc1ccc(C=NC[C@H](C)N=Cc2ccc(OCCCCCCCCCCCCCCCCCC)cc2O)c(O)c1. The molecule has 6 nitrogen and oxygen atoms in total. The van der Waals surface area contributed by atoms with Crippen molar-refractivity contribution in [2.45, 2.75) is 232 Å². The summed E-state index contributed by atoms with van der Waals surface area (Å²) in [7, 11) is 0. The minimum atomic E-state index is -0.0825. The van der Waals surface area contributed by atoms with E-state index in [4.69, 9.17) is 9.47 Å². The van der Waals surface area contributed by atoms with Gasteiger partial charge in [0.1, 0.15) is 23.0 Å². The number of benzene rings is 2. The Morgan fingerprint density at radius 3 is 1.07 bits per heavy atom. The van der Waals surface area contributed by atoms with Gasteiger partial charge in [-0.05, 0) is 44.0 Å². The summed E-state index contributed by atoms with van der Waals surface area (Å²) in [4.78, 5) is 9.08. The molecule has 0 radical (unpaired) electrons. The van der Waals surface area contributed by atoms with E-state index in [2.05, 4.69) is 23.8 Å². The van der Waals surface area contributed by atoms with E-state index < -0.39 is 0 Å². The number of hydrogen-bond donors (Lipinski definition) is 2. The maximum Gasteiger partial charge on any atom is 0.128 e. The number of aliphatic imine (C=N–C) groups is 2. The van der Waals surface area contributed by atoms with Gasteiger partial charge in [0.2, 0.25) is 0 Å². The fraction of sp³-hybridized carbons (Fsp3) is 0.736. The minimum absolute atomic E-state index is 0.0825. The second-order valence-corrected chi connectivity index (χ2v) is 17.4. The summed E-state index contributed by atoms with van der Waals surface area (Å²) < 4.78 is 11.8. The average molecular weight is 819 g/mol.